The summed E-state index contributed by atoms with van der Waals surface area (Å²) in [6.07, 6.45) is 1.46. The highest BCUT2D eigenvalue weighted by atomic mass is 16.2. The Labute approximate surface area is 184 Å². The van der Waals surface area contributed by atoms with E-state index in [1.807, 2.05) is 66.7 Å². The molecule has 0 spiro atoms. The highest BCUT2D eigenvalue weighted by molar-refractivity contribution is 6.07. The Morgan fingerprint density at radius 1 is 0.781 bits per heavy atom. The number of hydrogen-bond acceptors (Lipinski definition) is 7. The van der Waals surface area contributed by atoms with Crippen molar-refractivity contribution in [3.63, 3.8) is 0 Å². The molecule has 0 bridgehead atoms. The lowest BCUT2D eigenvalue weighted by Crippen LogP contribution is -2.33. The van der Waals surface area contributed by atoms with Crippen molar-refractivity contribution in [3.05, 3.63) is 90.3 Å². The summed E-state index contributed by atoms with van der Waals surface area (Å²) in [7, 11) is 0. The molecule has 0 saturated carbocycles. The van der Waals surface area contributed by atoms with Crippen LogP contribution < -0.4 is 27.4 Å². The van der Waals surface area contributed by atoms with E-state index in [9.17, 15) is 9.59 Å². The van der Waals surface area contributed by atoms with E-state index in [1.54, 1.807) is 6.07 Å². The monoisotopic (exact) mass is 427 g/mol. The predicted molar refractivity (Wildman–Crippen MR) is 123 cm³/mol. The number of benzene rings is 3. The van der Waals surface area contributed by atoms with Crippen LogP contribution in [0.1, 0.15) is 15.9 Å². The van der Waals surface area contributed by atoms with Gasteiger partial charge in [0.05, 0.1) is 6.42 Å². The largest absolute Gasteiger partial charge is 0.393 e. The Hall–Kier alpha value is -4.66. The third-order valence-corrected chi connectivity index (χ3v) is 4.74. The molecule has 0 radical (unpaired) electrons. The van der Waals surface area contributed by atoms with Gasteiger partial charge >= 0.3 is 0 Å². The van der Waals surface area contributed by atoms with E-state index in [-0.39, 0.29) is 35.6 Å². The fraction of sp³-hybridized carbons (Fsp3) is 0.0435. The Morgan fingerprint density at radius 3 is 2.22 bits per heavy atom. The molecule has 0 aliphatic rings. The molecular formula is C23H21N7O2. The second-order valence-electron chi connectivity index (χ2n) is 6.93. The molecule has 6 N–H and O–H groups in total. The summed E-state index contributed by atoms with van der Waals surface area (Å²) in [4.78, 5) is 32.9. The van der Waals surface area contributed by atoms with E-state index in [4.69, 9.17) is 5.73 Å². The van der Waals surface area contributed by atoms with Gasteiger partial charge in [0.25, 0.3) is 5.91 Å². The van der Waals surface area contributed by atoms with E-state index in [0.29, 0.717) is 5.56 Å². The molecule has 0 aliphatic carbocycles. The van der Waals surface area contributed by atoms with Crippen molar-refractivity contribution < 1.29 is 9.59 Å². The van der Waals surface area contributed by atoms with Crippen molar-refractivity contribution in [1.29, 1.82) is 0 Å². The van der Waals surface area contributed by atoms with Crippen LogP contribution in [-0.2, 0) is 11.2 Å². The zero-order chi connectivity index (χ0) is 22.3. The van der Waals surface area contributed by atoms with Gasteiger partial charge in [0.15, 0.2) is 11.6 Å². The van der Waals surface area contributed by atoms with Gasteiger partial charge in [0.2, 0.25) is 5.91 Å². The van der Waals surface area contributed by atoms with Gasteiger partial charge in [-0.1, -0.05) is 66.7 Å². The lowest BCUT2D eigenvalue weighted by Gasteiger charge is -2.14. The minimum absolute atomic E-state index is 0.130. The van der Waals surface area contributed by atoms with Crippen molar-refractivity contribution in [2.24, 2.45) is 0 Å². The average molecular weight is 427 g/mol. The second kappa shape index (κ2) is 9.43. The van der Waals surface area contributed by atoms with Crippen LogP contribution >= 0.6 is 0 Å². The van der Waals surface area contributed by atoms with Crippen LogP contribution in [0.5, 0.6) is 0 Å². The summed E-state index contributed by atoms with van der Waals surface area (Å²) >= 11 is 0. The molecule has 0 aliphatic heterocycles. The summed E-state index contributed by atoms with van der Waals surface area (Å²) in [6.45, 7) is 0. The normalized spacial score (nSPS) is 10.4. The number of hydrogen-bond donors (Lipinski definition) is 5. The number of nitrogens with two attached hydrogens (primary N) is 1. The maximum Gasteiger partial charge on any atom is 0.270 e. The van der Waals surface area contributed by atoms with Crippen LogP contribution in [-0.4, -0.2) is 21.8 Å². The summed E-state index contributed by atoms with van der Waals surface area (Å²) in [6, 6.07) is 22.4. The zero-order valence-electron chi connectivity index (χ0n) is 17.0. The smallest absolute Gasteiger partial charge is 0.270 e. The number of amides is 2. The van der Waals surface area contributed by atoms with Gasteiger partial charge in [-0.3, -0.25) is 31.3 Å². The molecule has 32 heavy (non-hydrogen) atoms. The SMILES string of the molecule is Nc1c(NNC(=O)Cc2ccccc2)ncnc1NNC(=O)c1cccc2ccccc12. The summed E-state index contributed by atoms with van der Waals surface area (Å²) < 4.78 is 0. The fourth-order valence-electron chi connectivity index (χ4n) is 3.16. The Kier molecular flexibility index (Phi) is 6.08. The lowest BCUT2D eigenvalue weighted by atomic mass is 10.0. The van der Waals surface area contributed by atoms with Crippen molar-refractivity contribution in [1.82, 2.24) is 20.8 Å². The lowest BCUT2D eigenvalue weighted by molar-refractivity contribution is -0.119. The number of carbonyl (C=O) groups is 2. The number of anilines is 3. The average Bonchev–Trinajstić information content (AvgIpc) is 2.82. The number of nitrogens with one attached hydrogen (secondary N) is 4. The topological polar surface area (TPSA) is 134 Å². The van der Waals surface area contributed by atoms with Gasteiger partial charge in [-0.15, -0.1) is 0 Å². The number of hydrazine groups is 2. The molecule has 1 aromatic heterocycles. The summed E-state index contributed by atoms with van der Waals surface area (Å²) in [5.74, 6) is -0.213. The molecule has 0 unspecified atom stereocenters. The number of fused-ring (bicyclic) bond motifs is 1. The van der Waals surface area contributed by atoms with Gasteiger partial charge in [-0.25, -0.2) is 9.97 Å². The van der Waals surface area contributed by atoms with Gasteiger partial charge in [-0.05, 0) is 22.4 Å². The molecule has 9 nitrogen and oxygen atoms in total. The molecule has 9 heteroatoms. The van der Waals surface area contributed by atoms with E-state index >= 15 is 0 Å². The van der Waals surface area contributed by atoms with E-state index in [1.165, 1.54) is 6.33 Å². The summed E-state index contributed by atoms with van der Waals surface area (Å²) in [5, 5.41) is 1.79. The van der Waals surface area contributed by atoms with Crippen LogP contribution in [0.15, 0.2) is 79.1 Å². The predicted octanol–water partition coefficient (Wildman–Crippen LogP) is 2.65. The molecule has 0 atom stereocenters. The molecule has 2 amide bonds. The number of aromatic nitrogens is 2. The van der Waals surface area contributed by atoms with Crippen molar-refractivity contribution in [2.45, 2.75) is 6.42 Å². The van der Waals surface area contributed by atoms with Gasteiger partial charge in [0.1, 0.15) is 12.0 Å². The van der Waals surface area contributed by atoms with E-state index < -0.39 is 0 Å². The fourth-order valence-corrected chi connectivity index (χ4v) is 3.16. The van der Waals surface area contributed by atoms with Crippen LogP contribution in [0.2, 0.25) is 0 Å². The molecule has 4 rings (SSSR count). The van der Waals surface area contributed by atoms with E-state index in [0.717, 1.165) is 16.3 Å². The molecule has 0 saturated heterocycles. The maximum atomic E-state index is 12.7. The first kappa shape index (κ1) is 20.6. The molecule has 1 heterocycles. The standard InChI is InChI=1S/C23H21N7O2/c24-20-21(28-27-19(31)13-15-7-2-1-3-8-15)25-14-26-22(20)29-30-23(32)18-12-6-10-16-9-4-5-11-17(16)18/h1-12,14H,13,24H2,(H,27,31)(H,30,32)(H2,25,26,28,29). The Morgan fingerprint density at radius 2 is 1.44 bits per heavy atom. The highest BCUT2D eigenvalue weighted by Crippen LogP contribution is 2.22. The molecule has 160 valence electrons. The summed E-state index contributed by atoms with van der Waals surface area (Å²) in [5.41, 5.74) is 18.2. The third-order valence-electron chi connectivity index (χ3n) is 4.74. The first-order chi connectivity index (χ1) is 15.6. The van der Waals surface area contributed by atoms with Gasteiger partial charge < -0.3 is 5.73 Å². The molecular weight excluding hydrogens is 406 g/mol. The van der Waals surface area contributed by atoms with Crippen LogP contribution in [0.4, 0.5) is 17.3 Å². The Bertz CT molecular complexity index is 1260. The van der Waals surface area contributed by atoms with Crippen LogP contribution in [0, 0.1) is 0 Å². The van der Waals surface area contributed by atoms with Crippen molar-refractivity contribution in [2.75, 3.05) is 16.6 Å². The van der Waals surface area contributed by atoms with Gasteiger partial charge in [0, 0.05) is 5.56 Å². The number of rotatable bonds is 7. The quantitative estimate of drug-likeness (QED) is 0.286. The molecule has 3 aromatic carbocycles. The van der Waals surface area contributed by atoms with Crippen LogP contribution in [0.3, 0.4) is 0 Å². The molecule has 0 fully saturated rings. The first-order valence-corrected chi connectivity index (χ1v) is 9.85. The first-order valence-electron chi connectivity index (χ1n) is 9.85. The van der Waals surface area contributed by atoms with Crippen molar-refractivity contribution >= 4 is 39.9 Å². The van der Waals surface area contributed by atoms with Gasteiger partial charge in [-0.2, -0.15) is 0 Å². The van der Waals surface area contributed by atoms with E-state index in [2.05, 4.69) is 31.7 Å². The molecule has 4 aromatic rings. The van der Waals surface area contributed by atoms with Crippen molar-refractivity contribution in [3.8, 4) is 0 Å². The van der Waals surface area contributed by atoms with Crippen LogP contribution in [0.25, 0.3) is 10.8 Å². The number of carbonyl (C=O) groups excluding carboxylic acids is 2. The number of nitrogen functional groups attached to an aromatic ring is 1. The Balaban J connectivity index is 1.39. The second-order valence-corrected chi connectivity index (χ2v) is 6.93. The highest BCUT2D eigenvalue weighted by Gasteiger charge is 2.13. The zero-order valence-corrected chi connectivity index (χ0v) is 17.0. The minimum atomic E-state index is -0.342. The number of nitrogens with zero attached hydrogens (tertiary/aromatic N) is 2. The maximum absolute atomic E-state index is 12.7. The minimum Gasteiger partial charge on any atom is -0.393 e. The third kappa shape index (κ3) is 4.73.